The van der Waals surface area contributed by atoms with Gasteiger partial charge in [0.05, 0.1) is 12.3 Å². The third-order valence-electron chi connectivity index (χ3n) is 4.77. The quantitative estimate of drug-likeness (QED) is 0.423. The summed E-state index contributed by atoms with van der Waals surface area (Å²) in [5.41, 5.74) is 2.87. The van der Waals surface area contributed by atoms with Gasteiger partial charge in [-0.2, -0.15) is 0 Å². The highest BCUT2D eigenvalue weighted by Crippen LogP contribution is 2.28. The van der Waals surface area contributed by atoms with E-state index < -0.39 is 6.10 Å². The van der Waals surface area contributed by atoms with Gasteiger partial charge >= 0.3 is 0 Å². The van der Waals surface area contributed by atoms with Crippen molar-refractivity contribution in [3.05, 3.63) is 78.5 Å². The van der Waals surface area contributed by atoms with Crippen LogP contribution in [0.5, 0.6) is 5.75 Å². The Labute approximate surface area is 165 Å². The monoisotopic (exact) mass is 386 g/mol. The highest BCUT2D eigenvalue weighted by molar-refractivity contribution is 5.82. The zero-order valence-corrected chi connectivity index (χ0v) is 15.4. The number of imidazole rings is 1. The molecule has 5 aromatic rings. The summed E-state index contributed by atoms with van der Waals surface area (Å²) in [7, 11) is 0. The Morgan fingerprint density at radius 2 is 1.93 bits per heavy atom. The van der Waals surface area contributed by atoms with Crippen molar-refractivity contribution in [1.82, 2.24) is 14.6 Å². The Morgan fingerprint density at radius 3 is 2.79 bits per heavy atom. The van der Waals surface area contributed by atoms with Crippen molar-refractivity contribution in [2.24, 2.45) is 0 Å². The van der Waals surface area contributed by atoms with Crippen molar-refractivity contribution >= 4 is 22.4 Å². The summed E-state index contributed by atoms with van der Waals surface area (Å²) in [6.45, 7) is 0.247. The molecule has 3 N–H and O–H groups in total. The molecule has 0 spiro atoms. The zero-order valence-electron chi connectivity index (χ0n) is 15.4. The lowest BCUT2D eigenvalue weighted by molar-refractivity contribution is 0.191. The molecular weight excluding hydrogens is 368 g/mol. The first kappa shape index (κ1) is 17.3. The minimum atomic E-state index is -0.780. The summed E-state index contributed by atoms with van der Waals surface area (Å²) >= 11 is 0. The van der Waals surface area contributed by atoms with E-state index >= 15 is 0 Å². The Hall–Kier alpha value is -3.84. The number of hydrogen-bond acceptors (Lipinski definition) is 6. The minimum Gasteiger partial charge on any atom is -0.508 e. The van der Waals surface area contributed by atoms with E-state index in [9.17, 15) is 10.2 Å². The molecular formula is C22H18N4O3. The van der Waals surface area contributed by atoms with E-state index in [2.05, 4.69) is 15.4 Å². The summed E-state index contributed by atoms with van der Waals surface area (Å²) < 4.78 is 7.65. The number of anilines is 1. The van der Waals surface area contributed by atoms with E-state index in [0.717, 1.165) is 16.7 Å². The number of aliphatic hydroxyl groups excluding tert-OH is 1. The highest BCUT2D eigenvalue weighted by Gasteiger charge is 2.13. The number of para-hydroxylation sites is 1. The molecule has 144 valence electrons. The number of phenolic OH excluding ortho intramolecular Hbond substituents is 1. The van der Waals surface area contributed by atoms with Crippen LogP contribution in [-0.4, -0.2) is 31.4 Å². The number of benzene rings is 2. The lowest BCUT2D eigenvalue weighted by Crippen LogP contribution is -2.13. The average Bonchev–Trinajstić information content (AvgIpc) is 3.35. The fourth-order valence-corrected chi connectivity index (χ4v) is 3.29. The third kappa shape index (κ3) is 3.28. The molecule has 0 radical (unpaired) electrons. The molecule has 0 amide bonds. The predicted octanol–water partition coefficient (Wildman–Crippen LogP) is 3.99. The summed E-state index contributed by atoms with van der Waals surface area (Å²) in [5, 5.41) is 28.7. The van der Waals surface area contributed by atoms with Crippen molar-refractivity contribution in [2.75, 3.05) is 11.9 Å². The number of hydrogen-bond donors (Lipinski definition) is 3. The second-order valence-electron chi connectivity index (χ2n) is 6.77. The molecule has 7 heteroatoms. The summed E-state index contributed by atoms with van der Waals surface area (Å²) in [4.78, 5) is 4.39. The first-order chi connectivity index (χ1) is 14.2. The first-order valence-electron chi connectivity index (χ1n) is 9.22. The van der Waals surface area contributed by atoms with E-state index in [-0.39, 0.29) is 12.3 Å². The van der Waals surface area contributed by atoms with E-state index in [1.807, 2.05) is 36.4 Å². The van der Waals surface area contributed by atoms with Crippen LogP contribution in [0.15, 0.2) is 77.3 Å². The molecule has 5 rings (SSSR count). The molecule has 29 heavy (non-hydrogen) atoms. The molecule has 1 atom stereocenters. The molecule has 2 aromatic carbocycles. The fraction of sp³-hybridized carbons (Fsp3) is 0.0909. The van der Waals surface area contributed by atoms with E-state index in [0.29, 0.717) is 22.8 Å². The van der Waals surface area contributed by atoms with Crippen LogP contribution in [0.2, 0.25) is 0 Å². The Kier molecular flexibility index (Phi) is 4.14. The first-order valence-corrected chi connectivity index (χ1v) is 9.22. The minimum absolute atomic E-state index is 0.120. The van der Waals surface area contributed by atoms with Crippen LogP contribution >= 0.6 is 0 Å². The molecule has 0 bridgehead atoms. The van der Waals surface area contributed by atoms with Gasteiger partial charge in [0.15, 0.2) is 11.4 Å². The van der Waals surface area contributed by atoms with Crippen molar-refractivity contribution in [1.29, 1.82) is 0 Å². The maximum atomic E-state index is 10.4. The Morgan fingerprint density at radius 1 is 1.03 bits per heavy atom. The van der Waals surface area contributed by atoms with Crippen LogP contribution in [0.1, 0.15) is 11.7 Å². The van der Waals surface area contributed by atoms with Crippen LogP contribution in [0.3, 0.4) is 0 Å². The van der Waals surface area contributed by atoms with Gasteiger partial charge in [-0.25, -0.2) is 9.50 Å². The zero-order chi connectivity index (χ0) is 19.8. The van der Waals surface area contributed by atoms with Crippen molar-refractivity contribution < 1.29 is 14.6 Å². The number of nitrogens with zero attached hydrogens (tertiary/aromatic N) is 3. The Bertz CT molecular complexity index is 1270. The van der Waals surface area contributed by atoms with E-state index in [1.54, 1.807) is 41.0 Å². The SMILES string of the molecule is Oc1cccc([C@@H](O)CNc2ccc3ncc(-c4cc5ccccc5o4)n3n2)c1. The van der Waals surface area contributed by atoms with Crippen molar-refractivity contribution in [2.45, 2.75) is 6.10 Å². The molecule has 0 saturated heterocycles. The van der Waals surface area contributed by atoms with Gasteiger partial charge in [-0.15, -0.1) is 5.10 Å². The maximum Gasteiger partial charge on any atom is 0.155 e. The second kappa shape index (κ2) is 6.96. The van der Waals surface area contributed by atoms with Gasteiger partial charge in [-0.3, -0.25) is 0 Å². The maximum absolute atomic E-state index is 10.4. The van der Waals surface area contributed by atoms with Crippen molar-refractivity contribution in [3.63, 3.8) is 0 Å². The average molecular weight is 386 g/mol. The van der Waals surface area contributed by atoms with Crippen LogP contribution in [-0.2, 0) is 0 Å². The molecule has 0 saturated carbocycles. The largest absolute Gasteiger partial charge is 0.508 e. The van der Waals surface area contributed by atoms with Gasteiger partial charge in [0.25, 0.3) is 0 Å². The molecule has 0 aliphatic carbocycles. The van der Waals surface area contributed by atoms with E-state index in [1.165, 1.54) is 0 Å². The topological polar surface area (TPSA) is 95.8 Å². The molecule has 3 heterocycles. The summed E-state index contributed by atoms with van der Waals surface area (Å²) in [5.74, 6) is 1.39. The number of aromatic hydroxyl groups is 1. The number of furan rings is 1. The Balaban J connectivity index is 1.42. The third-order valence-corrected chi connectivity index (χ3v) is 4.77. The standard InChI is InChI=1S/C22H18N4O3/c27-16-6-3-5-14(10-16)18(28)13-23-21-8-9-22-24-12-17(26(22)25-21)20-11-15-4-1-2-7-19(15)29-20/h1-12,18,27-28H,13H2,(H,23,25)/t18-/m0/s1. The smallest absolute Gasteiger partial charge is 0.155 e. The number of fused-ring (bicyclic) bond motifs is 2. The molecule has 0 aliphatic heterocycles. The number of aromatic nitrogens is 3. The number of rotatable bonds is 5. The lowest BCUT2D eigenvalue weighted by Gasteiger charge is -2.13. The van der Waals surface area contributed by atoms with Gasteiger partial charge in [0, 0.05) is 11.9 Å². The van der Waals surface area contributed by atoms with E-state index in [4.69, 9.17) is 4.42 Å². The molecule has 0 aliphatic rings. The van der Waals surface area contributed by atoms with Crippen LogP contribution < -0.4 is 5.32 Å². The normalized spacial score (nSPS) is 12.4. The number of aliphatic hydroxyl groups is 1. The molecule has 0 unspecified atom stereocenters. The van der Waals surface area contributed by atoms with Gasteiger partial charge in [-0.1, -0.05) is 30.3 Å². The van der Waals surface area contributed by atoms with Gasteiger partial charge in [0.2, 0.25) is 0 Å². The number of phenols is 1. The second-order valence-corrected chi connectivity index (χ2v) is 6.77. The van der Waals surface area contributed by atoms with Gasteiger partial charge in [0.1, 0.15) is 22.8 Å². The van der Waals surface area contributed by atoms with Gasteiger partial charge < -0.3 is 19.9 Å². The van der Waals surface area contributed by atoms with Crippen LogP contribution in [0.4, 0.5) is 5.82 Å². The predicted molar refractivity (Wildman–Crippen MR) is 110 cm³/mol. The lowest BCUT2D eigenvalue weighted by atomic mass is 10.1. The molecule has 3 aromatic heterocycles. The molecule has 7 nitrogen and oxygen atoms in total. The molecule has 0 fully saturated rings. The highest BCUT2D eigenvalue weighted by atomic mass is 16.3. The number of nitrogens with one attached hydrogen (secondary N) is 1. The fourth-order valence-electron chi connectivity index (χ4n) is 3.29. The van der Waals surface area contributed by atoms with Crippen LogP contribution in [0, 0.1) is 0 Å². The summed E-state index contributed by atoms with van der Waals surface area (Å²) in [6, 6.07) is 20.0. The van der Waals surface area contributed by atoms with Crippen LogP contribution in [0.25, 0.3) is 28.1 Å². The van der Waals surface area contributed by atoms with Gasteiger partial charge in [-0.05, 0) is 42.0 Å². The summed E-state index contributed by atoms with van der Waals surface area (Å²) in [6.07, 6.45) is 0.947. The van der Waals surface area contributed by atoms with Crippen molar-refractivity contribution in [3.8, 4) is 17.2 Å².